The van der Waals surface area contributed by atoms with E-state index in [4.69, 9.17) is 4.74 Å². The normalized spacial score (nSPS) is 10.7. The molecule has 0 saturated heterocycles. The van der Waals surface area contributed by atoms with Crippen LogP contribution < -0.4 is 15.6 Å². The van der Waals surface area contributed by atoms with Crippen molar-refractivity contribution in [1.29, 1.82) is 0 Å². The van der Waals surface area contributed by atoms with Crippen molar-refractivity contribution < 1.29 is 14.6 Å². The van der Waals surface area contributed by atoms with Gasteiger partial charge in [-0.2, -0.15) is 5.10 Å². The maximum Gasteiger partial charge on any atom is 0.275 e. The number of phenolic OH excluding ortho intramolecular Hbond substituents is 1. The summed E-state index contributed by atoms with van der Waals surface area (Å²) in [5.74, 6) is 0.184. The molecular weight excluding hydrogens is 382 g/mol. The van der Waals surface area contributed by atoms with Crippen LogP contribution in [0.2, 0.25) is 0 Å². The molecule has 0 saturated carbocycles. The smallest absolute Gasteiger partial charge is 0.275 e. The molecule has 0 radical (unpaired) electrons. The van der Waals surface area contributed by atoms with Crippen molar-refractivity contribution >= 4 is 22.4 Å². The number of para-hydroxylation sites is 2. The van der Waals surface area contributed by atoms with Gasteiger partial charge in [0.05, 0.1) is 23.9 Å². The highest BCUT2D eigenvalue weighted by molar-refractivity contribution is 5.95. The second-order valence-electron chi connectivity index (χ2n) is 6.65. The number of fused-ring (bicyclic) bond motifs is 1. The van der Waals surface area contributed by atoms with Crippen LogP contribution in [0, 0.1) is 0 Å². The average molecular weight is 401 g/mol. The SMILES string of the molecule is COc1ccc(-c2nn(CC(=O)Nc3ccccc3O)c(=O)c3ccccc23)cc1. The van der Waals surface area contributed by atoms with Crippen LogP contribution in [-0.4, -0.2) is 27.9 Å². The number of aromatic nitrogens is 2. The first-order valence-electron chi connectivity index (χ1n) is 9.29. The third kappa shape index (κ3) is 3.73. The number of benzene rings is 3. The second-order valence-corrected chi connectivity index (χ2v) is 6.65. The predicted octanol–water partition coefficient (Wildman–Crippen LogP) is 3.42. The summed E-state index contributed by atoms with van der Waals surface area (Å²) < 4.78 is 6.34. The number of hydrogen-bond donors (Lipinski definition) is 2. The summed E-state index contributed by atoms with van der Waals surface area (Å²) >= 11 is 0. The first-order valence-corrected chi connectivity index (χ1v) is 9.29. The Labute approximate surface area is 172 Å². The van der Waals surface area contributed by atoms with Crippen molar-refractivity contribution in [3.05, 3.63) is 83.2 Å². The van der Waals surface area contributed by atoms with Crippen molar-refractivity contribution in [3.8, 4) is 22.8 Å². The summed E-state index contributed by atoms with van der Waals surface area (Å²) in [5.41, 5.74) is 1.28. The van der Waals surface area contributed by atoms with E-state index in [9.17, 15) is 14.7 Å². The van der Waals surface area contributed by atoms with Crippen LogP contribution in [0.1, 0.15) is 0 Å². The fourth-order valence-electron chi connectivity index (χ4n) is 3.21. The zero-order valence-corrected chi connectivity index (χ0v) is 16.2. The lowest BCUT2D eigenvalue weighted by molar-refractivity contribution is -0.117. The van der Waals surface area contributed by atoms with Crippen LogP contribution in [0.25, 0.3) is 22.0 Å². The quantitative estimate of drug-likeness (QED) is 0.500. The van der Waals surface area contributed by atoms with Crippen LogP contribution >= 0.6 is 0 Å². The molecule has 3 aromatic carbocycles. The van der Waals surface area contributed by atoms with Crippen LogP contribution in [-0.2, 0) is 11.3 Å². The number of carbonyl (C=O) groups is 1. The van der Waals surface area contributed by atoms with Crippen LogP contribution in [0.4, 0.5) is 5.69 Å². The number of carbonyl (C=O) groups excluding carboxylic acids is 1. The standard InChI is InChI=1S/C23H19N3O4/c1-30-16-12-10-15(11-13-16)22-17-6-2-3-7-18(17)23(29)26(25-22)14-21(28)24-19-8-4-5-9-20(19)27/h2-13,27H,14H2,1H3,(H,24,28). The average Bonchev–Trinajstić information content (AvgIpc) is 2.77. The number of methoxy groups -OCH3 is 1. The van der Waals surface area contributed by atoms with Crippen LogP contribution in [0.3, 0.4) is 0 Å². The van der Waals surface area contributed by atoms with Gasteiger partial charge in [0.15, 0.2) is 0 Å². The van der Waals surface area contributed by atoms with Crippen LogP contribution in [0.15, 0.2) is 77.6 Å². The molecule has 30 heavy (non-hydrogen) atoms. The molecule has 4 rings (SSSR count). The number of anilines is 1. The topological polar surface area (TPSA) is 93.5 Å². The first kappa shape index (κ1) is 19.2. The highest BCUT2D eigenvalue weighted by Gasteiger charge is 2.15. The number of aromatic hydroxyl groups is 1. The second kappa shape index (κ2) is 8.08. The molecule has 4 aromatic rings. The Balaban J connectivity index is 1.74. The van der Waals surface area contributed by atoms with E-state index in [1.54, 1.807) is 37.4 Å². The van der Waals surface area contributed by atoms with Gasteiger partial charge >= 0.3 is 0 Å². The summed E-state index contributed by atoms with van der Waals surface area (Å²) in [6.07, 6.45) is 0. The van der Waals surface area contributed by atoms with Gasteiger partial charge in [-0.1, -0.05) is 30.3 Å². The van der Waals surface area contributed by atoms with Gasteiger partial charge in [0, 0.05) is 10.9 Å². The van der Waals surface area contributed by atoms with Gasteiger partial charge in [0.2, 0.25) is 5.91 Å². The molecule has 0 bridgehead atoms. The van der Waals surface area contributed by atoms with Gasteiger partial charge < -0.3 is 15.2 Å². The summed E-state index contributed by atoms with van der Waals surface area (Å²) in [7, 11) is 1.59. The maximum atomic E-state index is 12.9. The Hall–Kier alpha value is -4.13. The number of phenols is 1. The minimum absolute atomic E-state index is 0.0522. The monoisotopic (exact) mass is 401 g/mol. The third-order valence-electron chi connectivity index (χ3n) is 4.70. The molecule has 0 aliphatic heterocycles. The molecule has 7 nitrogen and oxygen atoms in total. The zero-order chi connectivity index (χ0) is 21.1. The Morgan fingerprint density at radius 1 is 1.00 bits per heavy atom. The molecule has 0 spiro atoms. The fraction of sp³-hybridized carbons (Fsp3) is 0.0870. The molecule has 0 unspecified atom stereocenters. The van der Waals surface area contributed by atoms with E-state index in [0.29, 0.717) is 22.2 Å². The number of nitrogens with one attached hydrogen (secondary N) is 1. The van der Waals surface area contributed by atoms with E-state index >= 15 is 0 Å². The lowest BCUT2D eigenvalue weighted by atomic mass is 10.0. The number of rotatable bonds is 5. The lowest BCUT2D eigenvalue weighted by Crippen LogP contribution is -2.30. The molecule has 2 N–H and O–H groups in total. The Morgan fingerprint density at radius 3 is 2.37 bits per heavy atom. The summed E-state index contributed by atoms with van der Waals surface area (Å²) in [5, 5.41) is 18.1. The molecule has 150 valence electrons. The van der Waals surface area contributed by atoms with E-state index in [0.717, 1.165) is 10.2 Å². The van der Waals surface area contributed by atoms with Crippen LogP contribution in [0.5, 0.6) is 11.5 Å². The molecule has 1 heterocycles. The highest BCUT2D eigenvalue weighted by Crippen LogP contribution is 2.26. The highest BCUT2D eigenvalue weighted by atomic mass is 16.5. The Morgan fingerprint density at radius 2 is 1.67 bits per heavy atom. The molecule has 1 amide bonds. The predicted molar refractivity (Wildman–Crippen MR) is 115 cm³/mol. The van der Waals surface area contributed by atoms with E-state index < -0.39 is 5.91 Å². The summed E-state index contributed by atoms with van der Waals surface area (Å²) in [6.45, 7) is -0.291. The third-order valence-corrected chi connectivity index (χ3v) is 4.70. The Kier molecular flexibility index (Phi) is 5.17. The minimum Gasteiger partial charge on any atom is -0.506 e. The maximum absolute atomic E-state index is 12.9. The number of nitrogens with zero attached hydrogens (tertiary/aromatic N) is 2. The van der Waals surface area contributed by atoms with Gasteiger partial charge in [-0.15, -0.1) is 0 Å². The van der Waals surface area contributed by atoms with Gasteiger partial charge in [-0.25, -0.2) is 4.68 Å². The zero-order valence-electron chi connectivity index (χ0n) is 16.2. The largest absolute Gasteiger partial charge is 0.506 e. The molecule has 0 atom stereocenters. The van der Waals surface area contributed by atoms with Crippen molar-refractivity contribution in [2.75, 3.05) is 12.4 Å². The number of ether oxygens (including phenoxy) is 1. The summed E-state index contributed by atoms with van der Waals surface area (Å²) in [6, 6.07) is 20.9. The first-order chi connectivity index (χ1) is 14.6. The molecule has 0 aliphatic rings. The number of hydrogen-bond acceptors (Lipinski definition) is 5. The van der Waals surface area contributed by atoms with Gasteiger partial charge in [-0.3, -0.25) is 9.59 Å². The van der Waals surface area contributed by atoms with E-state index in [1.165, 1.54) is 6.07 Å². The van der Waals surface area contributed by atoms with E-state index in [2.05, 4.69) is 10.4 Å². The van der Waals surface area contributed by atoms with Crippen molar-refractivity contribution in [2.24, 2.45) is 0 Å². The minimum atomic E-state index is -0.470. The van der Waals surface area contributed by atoms with Gasteiger partial charge in [0.1, 0.15) is 18.0 Å². The van der Waals surface area contributed by atoms with Crippen molar-refractivity contribution in [1.82, 2.24) is 9.78 Å². The lowest BCUT2D eigenvalue weighted by Gasteiger charge is -2.12. The molecular formula is C23H19N3O4. The molecule has 0 aliphatic carbocycles. The van der Waals surface area contributed by atoms with E-state index in [-0.39, 0.29) is 23.5 Å². The van der Waals surface area contributed by atoms with Crippen molar-refractivity contribution in [2.45, 2.75) is 6.54 Å². The molecule has 7 heteroatoms. The fourth-order valence-corrected chi connectivity index (χ4v) is 3.21. The Bertz CT molecular complexity index is 1280. The van der Waals surface area contributed by atoms with E-state index in [1.807, 2.05) is 36.4 Å². The van der Waals surface area contributed by atoms with Gasteiger partial charge in [-0.05, 0) is 42.5 Å². The summed E-state index contributed by atoms with van der Waals surface area (Å²) in [4.78, 5) is 25.4. The van der Waals surface area contributed by atoms with Crippen molar-refractivity contribution in [3.63, 3.8) is 0 Å². The molecule has 1 aromatic heterocycles. The van der Waals surface area contributed by atoms with Gasteiger partial charge in [0.25, 0.3) is 5.56 Å². The number of amides is 1. The molecule has 0 fully saturated rings.